The fourth-order valence-electron chi connectivity index (χ4n) is 2.83. The quantitative estimate of drug-likeness (QED) is 0.581. The number of benzene rings is 1. The van der Waals surface area contributed by atoms with Crippen LogP contribution in [0, 0.1) is 11.3 Å². The van der Waals surface area contributed by atoms with Gasteiger partial charge in [-0.2, -0.15) is 14.0 Å². The van der Waals surface area contributed by atoms with Gasteiger partial charge in [-0.25, -0.2) is 4.79 Å². The number of halogens is 2. The summed E-state index contributed by atoms with van der Waals surface area (Å²) in [6.07, 6.45) is 6.51. The molecule has 1 N–H and O–H groups in total. The second kappa shape index (κ2) is 9.67. The summed E-state index contributed by atoms with van der Waals surface area (Å²) < 4.78 is 33.2. The number of amides is 1. The number of carbonyl (C=O) groups is 2. The number of nitrogens with one attached hydrogen (secondary N) is 1. The van der Waals surface area contributed by atoms with Gasteiger partial charge in [-0.1, -0.05) is 31.4 Å². The van der Waals surface area contributed by atoms with Crippen LogP contribution >= 0.6 is 0 Å². The summed E-state index contributed by atoms with van der Waals surface area (Å²) in [4.78, 5) is 23.6. The van der Waals surface area contributed by atoms with Crippen LogP contribution in [0.5, 0.6) is 5.75 Å². The van der Waals surface area contributed by atoms with Crippen molar-refractivity contribution in [3.63, 3.8) is 0 Å². The minimum Gasteiger partial charge on any atom is -0.452 e. The highest BCUT2D eigenvalue weighted by atomic mass is 19.3. The van der Waals surface area contributed by atoms with Gasteiger partial charge in [-0.3, -0.25) is 4.79 Å². The van der Waals surface area contributed by atoms with Gasteiger partial charge in [0.2, 0.25) is 0 Å². The van der Waals surface area contributed by atoms with Crippen LogP contribution in [-0.2, 0) is 14.3 Å². The molecular weight excluding hydrogens is 358 g/mol. The summed E-state index contributed by atoms with van der Waals surface area (Å²) in [7, 11) is 0. The minimum absolute atomic E-state index is 0.00975. The normalized spacial score (nSPS) is 15.9. The first-order chi connectivity index (χ1) is 12.9. The number of carbonyl (C=O) groups excluding carboxylic acids is 2. The Kier molecular flexibility index (Phi) is 7.29. The maximum Gasteiger partial charge on any atom is 0.387 e. The molecule has 1 saturated carbocycles. The molecule has 0 atom stereocenters. The molecule has 1 aromatic carbocycles. The maximum absolute atomic E-state index is 12.1. The van der Waals surface area contributed by atoms with E-state index in [1.54, 1.807) is 0 Å². The number of rotatable bonds is 7. The molecule has 1 fully saturated rings. The van der Waals surface area contributed by atoms with Crippen LogP contribution in [0.25, 0.3) is 6.08 Å². The van der Waals surface area contributed by atoms with Crippen molar-refractivity contribution in [1.82, 2.24) is 5.32 Å². The first kappa shape index (κ1) is 20.4. The molecule has 0 aromatic heterocycles. The lowest BCUT2D eigenvalue weighted by atomic mass is 9.83. The molecule has 0 radical (unpaired) electrons. The van der Waals surface area contributed by atoms with Crippen molar-refractivity contribution in [1.29, 1.82) is 5.26 Å². The standard InChI is InChI=1S/C19H20F2N2O4/c20-18(21)27-15-7-4-14(5-8-15)6-9-17(25)26-12-16(24)23-19(13-22)10-2-1-3-11-19/h4-9,18H,1-3,10-12H2,(H,23,24). The van der Waals surface area contributed by atoms with Crippen molar-refractivity contribution in [2.75, 3.05) is 6.61 Å². The fourth-order valence-corrected chi connectivity index (χ4v) is 2.83. The molecule has 0 spiro atoms. The smallest absolute Gasteiger partial charge is 0.387 e. The Morgan fingerprint density at radius 2 is 1.89 bits per heavy atom. The molecule has 27 heavy (non-hydrogen) atoms. The average molecular weight is 378 g/mol. The number of alkyl halides is 2. The van der Waals surface area contributed by atoms with Crippen LogP contribution in [-0.4, -0.2) is 30.6 Å². The Labute approximate surface area is 155 Å². The van der Waals surface area contributed by atoms with E-state index in [1.165, 1.54) is 30.3 Å². The van der Waals surface area contributed by atoms with Crippen LogP contribution in [0.4, 0.5) is 8.78 Å². The predicted octanol–water partition coefficient (Wildman–Crippen LogP) is 3.19. The highest BCUT2D eigenvalue weighted by Crippen LogP contribution is 2.27. The molecule has 1 aliphatic rings. The minimum atomic E-state index is -2.90. The van der Waals surface area contributed by atoms with Crippen molar-refractivity contribution >= 4 is 18.0 Å². The maximum atomic E-state index is 12.1. The third kappa shape index (κ3) is 6.70. The molecule has 8 heteroatoms. The van der Waals surface area contributed by atoms with Gasteiger partial charge in [0.15, 0.2) is 6.61 Å². The Morgan fingerprint density at radius 3 is 2.48 bits per heavy atom. The third-order valence-corrected chi connectivity index (χ3v) is 4.16. The number of nitriles is 1. The number of hydrogen-bond acceptors (Lipinski definition) is 5. The van der Waals surface area contributed by atoms with E-state index < -0.39 is 30.6 Å². The van der Waals surface area contributed by atoms with Gasteiger partial charge in [0.1, 0.15) is 11.3 Å². The van der Waals surface area contributed by atoms with E-state index in [0.717, 1.165) is 25.3 Å². The summed E-state index contributed by atoms with van der Waals surface area (Å²) in [5.41, 5.74) is -0.303. The van der Waals surface area contributed by atoms with Crippen LogP contribution in [0.2, 0.25) is 0 Å². The van der Waals surface area contributed by atoms with Crippen molar-refractivity contribution in [2.24, 2.45) is 0 Å². The molecule has 0 aliphatic heterocycles. The van der Waals surface area contributed by atoms with Gasteiger partial charge in [0.25, 0.3) is 5.91 Å². The Balaban J connectivity index is 1.79. The lowest BCUT2D eigenvalue weighted by molar-refractivity contribution is -0.144. The lowest BCUT2D eigenvalue weighted by Crippen LogP contribution is -2.49. The zero-order chi connectivity index (χ0) is 19.7. The summed E-state index contributed by atoms with van der Waals surface area (Å²) >= 11 is 0. The third-order valence-electron chi connectivity index (χ3n) is 4.16. The van der Waals surface area contributed by atoms with Crippen molar-refractivity contribution in [3.8, 4) is 11.8 Å². The summed E-state index contributed by atoms with van der Waals surface area (Å²) in [6.45, 7) is -3.38. The molecule has 2 rings (SSSR count). The zero-order valence-corrected chi connectivity index (χ0v) is 14.6. The predicted molar refractivity (Wildman–Crippen MR) is 92.6 cm³/mol. The van der Waals surface area contributed by atoms with Crippen LogP contribution in [0.3, 0.4) is 0 Å². The molecule has 1 amide bonds. The van der Waals surface area contributed by atoms with Crippen molar-refractivity contribution < 1.29 is 27.8 Å². The SMILES string of the molecule is N#CC1(NC(=O)COC(=O)C=Cc2ccc(OC(F)F)cc2)CCCCC1. The monoisotopic (exact) mass is 378 g/mol. The zero-order valence-electron chi connectivity index (χ0n) is 14.6. The van der Waals surface area contributed by atoms with E-state index in [4.69, 9.17) is 4.74 Å². The second-order valence-corrected chi connectivity index (χ2v) is 6.19. The first-order valence-corrected chi connectivity index (χ1v) is 8.54. The largest absolute Gasteiger partial charge is 0.452 e. The fraction of sp³-hybridized carbons (Fsp3) is 0.421. The lowest BCUT2D eigenvalue weighted by Gasteiger charge is -2.31. The molecule has 0 bridgehead atoms. The second-order valence-electron chi connectivity index (χ2n) is 6.19. The summed E-state index contributed by atoms with van der Waals surface area (Å²) in [5.74, 6) is -1.24. The molecule has 0 heterocycles. The van der Waals surface area contributed by atoms with Gasteiger partial charge < -0.3 is 14.8 Å². The Bertz CT molecular complexity index is 720. The molecule has 0 saturated heterocycles. The highest BCUT2D eigenvalue weighted by Gasteiger charge is 2.33. The van der Waals surface area contributed by atoms with Crippen molar-refractivity contribution in [3.05, 3.63) is 35.9 Å². The van der Waals surface area contributed by atoms with E-state index in [2.05, 4.69) is 16.1 Å². The van der Waals surface area contributed by atoms with E-state index in [0.29, 0.717) is 18.4 Å². The molecule has 6 nitrogen and oxygen atoms in total. The molecule has 1 aliphatic carbocycles. The number of ether oxygens (including phenoxy) is 2. The van der Waals surface area contributed by atoms with Gasteiger partial charge in [0, 0.05) is 6.08 Å². The summed E-state index contributed by atoms with van der Waals surface area (Å²) in [6, 6.07) is 7.83. The van der Waals surface area contributed by atoms with E-state index in [1.807, 2.05) is 0 Å². The first-order valence-electron chi connectivity index (χ1n) is 8.54. The molecule has 144 valence electrons. The number of hydrogen-bond donors (Lipinski definition) is 1. The average Bonchev–Trinajstić information content (AvgIpc) is 2.66. The van der Waals surface area contributed by atoms with E-state index >= 15 is 0 Å². The Hall–Kier alpha value is -2.95. The number of nitrogens with zero attached hydrogens (tertiary/aromatic N) is 1. The topological polar surface area (TPSA) is 88.4 Å². The van der Waals surface area contributed by atoms with Gasteiger partial charge in [-0.15, -0.1) is 0 Å². The van der Waals surface area contributed by atoms with Crippen molar-refractivity contribution in [2.45, 2.75) is 44.3 Å². The van der Waals surface area contributed by atoms with Gasteiger partial charge >= 0.3 is 12.6 Å². The van der Waals surface area contributed by atoms with Crippen LogP contribution in [0.1, 0.15) is 37.7 Å². The Morgan fingerprint density at radius 1 is 1.22 bits per heavy atom. The van der Waals surface area contributed by atoms with Gasteiger partial charge in [0.05, 0.1) is 6.07 Å². The van der Waals surface area contributed by atoms with Crippen LogP contribution < -0.4 is 10.1 Å². The molecule has 0 unspecified atom stereocenters. The highest BCUT2D eigenvalue weighted by molar-refractivity contribution is 5.89. The molecule has 1 aromatic rings. The summed E-state index contributed by atoms with van der Waals surface area (Å²) in [5, 5.41) is 12.0. The van der Waals surface area contributed by atoms with Crippen LogP contribution in [0.15, 0.2) is 30.3 Å². The number of esters is 1. The van der Waals surface area contributed by atoms with E-state index in [-0.39, 0.29) is 5.75 Å². The van der Waals surface area contributed by atoms with E-state index in [9.17, 15) is 23.6 Å². The molecular formula is C19H20F2N2O4. The van der Waals surface area contributed by atoms with Gasteiger partial charge in [-0.05, 0) is 36.6 Å².